The highest BCUT2D eigenvalue weighted by atomic mass is 15.1. The van der Waals surface area contributed by atoms with Gasteiger partial charge in [-0.3, -0.25) is 0 Å². The zero-order valence-electron chi connectivity index (χ0n) is 10.4. The smallest absolute Gasteiger partial charge is 0.133 e. The van der Waals surface area contributed by atoms with Gasteiger partial charge in [-0.05, 0) is 25.1 Å². The fraction of sp³-hybridized carbons (Fsp3) is 0.357. The Bertz CT molecular complexity index is 410. The van der Waals surface area contributed by atoms with Crippen LogP contribution in [0, 0.1) is 0 Å². The van der Waals surface area contributed by atoms with Crippen LogP contribution in [0.15, 0.2) is 48.1 Å². The van der Waals surface area contributed by atoms with Crippen molar-refractivity contribution in [1.29, 1.82) is 0 Å². The van der Waals surface area contributed by atoms with Crippen LogP contribution >= 0.6 is 0 Å². The Hall–Kier alpha value is -1.57. The summed E-state index contributed by atoms with van der Waals surface area (Å²) in [6, 6.07) is 4.37. The van der Waals surface area contributed by atoms with Crippen molar-refractivity contribution in [2.75, 3.05) is 0 Å². The molecule has 0 saturated carbocycles. The molecule has 0 fully saturated rings. The molecule has 0 N–H and O–H groups in total. The third-order valence-corrected chi connectivity index (χ3v) is 2.56. The van der Waals surface area contributed by atoms with E-state index < -0.39 is 0 Å². The molecule has 2 heterocycles. The van der Waals surface area contributed by atoms with Gasteiger partial charge >= 0.3 is 0 Å². The van der Waals surface area contributed by atoms with Gasteiger partial charge in [-0.2, -0.15) is 0 Å². The average molecular weight is 216 g/mol. The molecule has 2 heteroatoms. The van der Waals surface area contributed by atoms with Gasteiger partial charge in [0.2, 0.25) is 0 Å². The summed E-state index contributed by atoms with van der Waals surface area (Å²) >= 11 is 0. The van der Waals surface area contributed by atoms with Crippen molar-refractivity contribution in [1.82, 2.24) is 4.57 Å². The lowest BCUT2D eigenvalue weighted by atomic mass is 10.0. The second kappa shape index (κ2) is 5.50. The van der Waals surface area contributed by atoms with Crippen molar-refractivity contribution in [3.05, 3.63) is 43.1 Å². The van der Waals surface area contributed by atoms with Gasteiger partial charge in [-0.25, -0.2) is 4.99 Å². The first-order chi connectivity index (χ1) is 7.72. The first kappa shape index (κ1) is 12.5. The summed E-state index contributed by atoms with van der Waals surface area (Å²) in [4.78, 5) is 4.48. The molecule has 1 aromatic rings. The van der Waals surface area contributed by atoms with Gasteiger partial charge in [0, 0.05) is 18.3 Å². The maximum atomic E-state index is 4.48. The minimum Gasteiger partial charge on any atom is -0.325 e. The molecule has 16 heavy (non-hydrogen) atoms. The standard InChI is InChI=1S/C12H14N2.C2H6/c1-4-10-8-11(9(2)3)14-7-5-6-12(14)13-10;1-2/h4-7,11H,1-2,8H2,3H3;1-2H3. The molecule has 0 aromatic carbocycles. The van der Waals surface area contributed by atoms with Gasteiger partial charge in [0.15, 0.2) is 0 Å². The minimum atomic E-state index is 0.338. The van der Waals surface area contributed by atoms with E-state index in [2.05, 4.69) is 35.8 Å². The molecule has 1 unspecified atom stereocenters. The zero-order chi connectivity index (χ0) is 12.1. The largest absolute Gasteiger partial charge is 0.325 e. The molecule has 0 bridgehead atoms. The lowest BCUT2D eigenvalue weighted by molar-refractivity contribution is 0.590. The summed E-state index contributed by atoms with van der Waals surface area (Å²) in [5.74, 6) is 0.999. The number of nitrogens with zero attached hydrogens (tertiary/aromatic N) is 2. The van der Waals surface area contributed by atoms with Crippen molar-refractivity contribution in [3.8, 4) is 0 Å². The Kier molecular flexibility index (Phi) is 4.29. The molecule has 0 radical (unpaired) electrons. The van der Waals surface area contributed by atoms with Crippen molar-refractivity contribution in [2.45, 2.75) is 33.2 Å². The fourth-order valence-electron chi connectivity index (χ4n) is 1.77. The first-order valence-electron chi connectivity index (χ1n) is 5.74. The van der Waals surface area contributed by atoms with E-state index in [1.807, 2.05) is 32.1 Å². The predicted molar refractivity (Wildman–Crippen MR) is 71.5 cm³/mol. The molecule has 2 nitrogen and oxygen atoms in total. The van der Waals surface area contributed by atoms with E-state index in [1.54, 1.807) is 0 Å². The third-order valence-electron chi connectivity index (χ3n) is 2.56. The van der Waals surface area contributed by atoms with Crippen LogP contribution in [0.25, 0.3) is 0 Å². The molecule has 1 aliphatic rings. The van der Waals surface area contributed by atoms with Crippen LogP contribution in [0.2, 0.25) is 0 Å². The molecule has 0 spiro atoms. The molecular weight excluding hydrogens is 196 g/mol. The molecule has 1 aromatic heterocycles. The van der Waals surface area contributed by atoms with Crippen LogP contribution in [-0.4, -0.2) is 10.3 Å². The Morgan fingerprint density at radius 1 is 1.56 bits per heavy atom. The monoisotopic (exact) mass is 216 g/mol. The highest BCUT2D eigenvalue weighted by Crippen LogP contribution is 2.31. The highest BCUT2D eigenvalue weighted by molar-refractivity contribution is 5.97. The zero-order valence-corrected chi connectivity index (χ0v) is 10.4. The third kappa shape index (κ3) is 2.32. The Balaban J connectivity index is 0.000000606. The molecule has 86 valence electrons. The molecule has 1 atom stereocenters. The summed E-state index contributed by atoms with van der Waals surface area (Å²) in [6.45, 7) is 13.8. The van der Waals surface area contributed by atoms with Crippen LogP contribution < -0.4 is 0 Å². The molecule has 2 rings (SSSR count). The predicted octanol–water partition coefficient (Wildman–Crippen LogP) is 4.29. The number of hydrogen-bond donors (Lipinski definition) is 0. The van der Waals surface area contributed by atoms with Crippen LogP contribution in [-0.2, 0) is 0 Å². The van der Waals surface area contributed by atoms with E-state index >= 15 is 0 Å². The van der Waals surface area contributed by atoms with Crippen LogP contribution in [0.4, 0.5) is 5.82 Å². The molecule has 0 saturated heterocycles. The van der Waals surface area contributed by atoms with Gasteiger partial charge in [0.25, 0.3) is 0 Å². The second-order valence-electron chi connectivity index (χ2n) is 3.65. The number of fused-ring (bicyclic) bond motifs is 1. The van der Waals surface area contributed by atoms with E-state index in [0.29, 0.717) is 6.04 Å². The second-order valence-corrected chi connectivity index (χ2v) is 3.65. The summed E-state index contributed by atoms with van der Waals surface area (Å²) in [6.07, 6.45) is 4.78. The molecule has 0 aliphatic carbocycles. The summed E-state index contributed by atoms with van der Waals surface area (Å²) < 4.78 is 2.16. The first-order valence-corrected chi connectivity index (χ1v) is 5.74. The van der Waals surface area contributed by atoms with Crippen molar-refractivity contribution in [2.24, 2.45) is 4.99 Å². The van der Waals surface area contributed by atoms with Gasteiger partial charge < -0.3 is 4.57 Å². The maximum absolute atomic E-state index is 4.48. The summed E-state index contributed by atoms with van der Waals surface area (Å²) in [5, 5.41) is 0. The van der Waals surface area contributed by atoms with Crippen molar-refractivity contribution in [3.63, 3.8) is 0 Å². The Morgan fingerprint density at radius 3 is 2.81 bits per heavy atom. The van der Waals surface area contributed by atoms with Gasteiger partial charge in [0.05, 0.1) is 6.04 Å². The molecule has 0 amide bonds. The van der Waals surface area contributed by atoms with Gasteiger partial charge in [-0.15, -0.1) is 0 Å². The van der Waals surface area contributed by atoms with E-state index in [0.717, 1.165) is 23.5 Å². The topological polar surface area (TPSA) is 17.3 Å². The minimum absolute atomic E-state index is 0.338. The summed E-state index contributed by atoms with van der Waals surface area (Å²) in [5.41, 5.74) is 2.21. The lowest BCUT2D eigenvalue weighted by Gasteiger charge is -2.24. The molecular formula is C14H20N2. The van der Waals surface area contributed by atoms with Crippen molar-refractivity contribution < 1.29 is 0 Å². The number of aromatic nitrogens is 1. The fourth-order valence-corrected chi connectivity index (χ4v) is 1.77. The highest BCUT2D eigenvalue weighted by Gasteiger charge is 2.20. The maximum Gasteiger partial charge on any atom is 0.133 e. The van der Waals surface area contributed by atoms with E-state index in [9.17, 15) is 0 Å². The molecule has 1 aliphatic heterocycles. The average Bonchev–Trinajstić information content (AvgIpc) is 2.77. The quantitative estimate of drug-likeness (QED) is 0.656. The normalized spacial score (nSPS) is 17.7. The van der Waals surface area contributed by atoms with Gasteiger partial charge in [-0.1, -0.05) is 32.6 Å². The van der Waals surface area contributed by atoms with Gasteiger partial charge in [0.1, 0.15) is 5.82 Å². The van der Waals surface area contributed by atoms with E-state index in [-0.39, 0.29) is 0 Å². The number of hydrogen-bond acceptors (Lipinski definition) is 1. The summed E-state index contributed by atoms with van der Waals surface area (Å²) in [7, 11) is 0. The number of aliphatic imine (C=N–C) groups is 1. The van der Waals surface area contributed by atoms with Crippen molar-refractivity contribution >= 4 is 11.5 Å². The number of rotatable bonds is 2. The van der Waals surface area contributed by atoms with Crippen LogP contribution in [0.3, 0.4) is 0 Å². The number of allylic oxidation sites excluding steroid dienone is 2. The van der Waals surface area contributed by atoms with E-state index in [1.165, 1.54) is 0 Å². The Morgan fingerprint density at radius 2 is 2.25 bits per heavy atom. The SMILES string of the molecule is C=CC1=Nc2cccn2C(C(=C)C)C1.CC. The Labute approximate surface area is 98.0 Å². The van der Waals surface area contributed by atoms with E-state index in [4.69, 9.17) is 0 Å². The lowest BCUT2D eigenvalue weighted by Crippen LogP contribution is -2.16. The van der Waals surface area contributed by atoms with Crippen LogP contribution in [0.5, 0.6) is 0 Å². The van der Waals surface area contributed by atoms with Crippen LogP contribution in [0.1, 0.15) is 33.2 Å².